The molecule has 0 radical (unpaired) electrons. The number of hydrogen-bond acceptors (Lipinski definition) is 5. The SMILES string of the molecule is CC(C)CCCOC(=O)CCCCC(=O)OCc1cccc(Oc2ccccc2)c1. The summed E-state index contributed by atoms with van der Waals surface area (Å²) in [4.78, 5) is 23.6. The molecule has 0 fully saturated rings. The Morgan fingerprint density at radius 3 is 2.17 bits per heavy atom. The molecule has 2 aromatic carbocycles. The van der Waals surface area contributed by atoms with Gasteiger partial charge in [-0.25, -0.2) is 0 Å². The number of benzene rings is 2. The quantitative estimate of drug-likeness (QED) is 0.295. The number of hydrogen-bond donors (Lipinski definition) is 0. The van der Waals surface area contributed by atoms with E-state index >= 15 is 0 Å². The van der Waals surface area contributed by atoms with Crippen LogP contribution in [-0.2, 0) is 25.7 Å². The fourth-order valence-corrected chi connectivity index (χ4v) is 2.85. The molecule has 0 aliphatic carbocycles. The van der Waals surface area contributed by atoms with Crippen LogP contribution in [0.15, 0.2) is 54.6 Å². The van der Waals surface area contributed by atoms with Gasteiger partial charge in [-0.15, -0.1) is 0 Å². The molecule has 0 spiro atoms. The summed E-state index contributed by atoms with van der Waals surface area (Å²) in [6.07, 6.45) is 3.82. The summed E-state index contributed by atoms with van der Waals surface area (Å²) in [7, 11) is 0. The predicted molar refractivity (Wildman–Crippen MR) is 116 cm³/mol. The summed E-state index contributed by atoms with van der Waals surface area (Å²) < 4.78 is 16.3. The number of carbonyl (C=O) groups excluding carboxylic acids is 2. The summed E-state index contributed by atoms with van der Waals surface area (Å²) in [6, 6.07) is 17.0. The van der Waals surface area contributed by atoms with E-state index in [1.165, 1.54) is 0 Å². The van der Waals surface area contributed by atoms with Crippen LogP contribution in [0, 0.1) is 5.92 Å². The third kappa shape index (κ3) is 10.1. The number of ether oxygens (including phenoxy) is 3. The summed E-state index contributed by atoms with van der Waals surface area (Å²) >= 11 is 0. The van der Waals surface area contributed by atoms with Crippen LogP contribution in [0.3, 0.4) is 0 Å². The molecule has 30 heavy (non-hydrogen) atoms. The van der Waals surface area contributed by atoms with Gasteiger partial charge in [-0.05, 0) is 61.4 Å². The fourth-order valence-electron chi connectivity index (χ4n) is 2.85. The summed E-state index contributed by atoms with van der Waals surface area (Å²) in [5, 5.41) is 0. The summed E-state index contributed by atoms with van der Waals surface area (Å²) in [6.45, 7) is 4.97. The molecular weight excluding hydrogens is 380 g/mol. The third-order valence-corrected chi connectivity index (χ3v) is 4.48. The van der Waals surface area contributed by atoms with Crippen molar-refractivity contribution in [2.75, 3.05) is 6.61 Å². The maximum absolute atomic E-state index is 11.9. The molecule has 0 saturated heterocycles. The van der Waals surface area contributed by atoms with E-state index in [0.717, 1.165) is 24.2 Å². The van der Waals surface area contributed by atoms with Crippen molar-refractivity contribution >= 4 is 11.9 Å². The first-order chi connectivity index (χ1) is 14.5. The van der Waals surface area contributed by atoms with Gasteiger partial charge in [0.05, 0.1) is 6.61 Å². The number of rotatable bonds is 13. The first kappa shape index (κ1) is 23.5. The minimum atomic E-state index is -0.269. The smallest absolute Gasteiger partial charge is 0.306 e. The molecule has 0 aliphatic heterocycles. The van der Waals surface area contributed by atoms with Crippen molar-refractivity contribution in [3.8, 4) is 11.5 Å². The van der Waals surface area contributed by atoms with Crippen molar-refractivity contribution in [1.82, 2.24) is 0 Å². The van der Waals surface area contributed by atoms with Crippen molar-refractivity contribution < 1.29 is 23.8 Å². The minimum Gasteiger partial charge on any atom is -0.466 e. The lowest BCUT2D eigenvalue weighted by atomic mass is 10.1. The van der Waals surface area contributed by atoms with Gasteiger partial charge in [0.1, 0.15) is 18.1 Å². The highest BCUT2D eigenvalue weighted by atomic mass is 16.5. The third-order valence-electron chi connectivity index (χ3n) is 4.48. The molecule has 0 atom stereocenters. The number of carbonyl (C=O) groups is 2. The highest BCUT2D eigenvalue weighted by molar-refractivity contribution is 5.70. The highest BCUT2D eigenvalue weighted by Crippen LogP contribution is 2.22. The average Bonchev–Trinajstić information content (AvgIpc) is 2.74. The van der Waals surface area contributed by atoms with Gasteiger partial charge in [0, 0.05) is 12.8 Å². The minimum absolute atomic E-state index is 0.192. The standard InChI is InChI=1S/C25H32O5/c1-20(2)10-9-17-28-24(26)15-6-7-16-25(27)29-19-21-11-8-14-23(18-21)30-22-12-4-3-5-13-22/h3-5,8,11-14,18,20H,6-7,9-10,15-17,19H2,1-2H3. The number of esters is 2. The molecule has 2 rings (SSSR count). The van der Waals surface area contributed by atoms with Gasteiger partial charge < -0.3 is 14.2 Å². The van der Waals surface area contributed by atoms with Crippen LogP contribution in [0.5, 0.6) is 11.5 Å². The van der Waals surface area contributed by atoms with Gasteiger partial charge in [0.15, 0.2) is 0 Å². The van der Waals surface area contributed by atoms with Crippen LogP contribution in [-0.4, -0.2) is 18.5 Å². The molecule has 2 aromatic rings. The zero-order chi connectivity index (χ0) is 21.6. The van der Waals surface area contributed by atoms with Crippen molar-refractivity contribution in [1.29, 1.82) is 0 Å². The van der Waals surface area contributed by atoms with E-state index in [0.29, 0.717) is 44.0 Å². The van der Waals surface area contributed by atoms with Crippen LogP contribution < -0.4 is 4.74 Å². The second-order valence-corrected chi connectivity index (χ2v) is 7.69. The largest absolute Gasteiger partial charge is 0.466 e. The van der Waals surface area contributed by atoms with E-state index in [1.54, 1.807) is 0 Å². The van der Waals surface area contributed by atoms with E-state index in [-0.39, 0.29) is 18.5 Å². The van der Waals surface area contributed by atoms with Gasteiger partial charge in [-0.1, -0.05) is 44.2 Å². The van der Waals surface area contributed by atoms with Gasteiger partial charge in [-0.2, -0.15) is 0 Å². The first-order valence-corrected chi connectivity index (χ1v) is 10.7. The molecule has 0 aromatic heterocycles. The number of unbranched alkanes of at least 4 members (excludes halogenated alkanes) is 1. The molecule has 5 heteroatoms. The maximum atomic E-state index is 11.9. The Kier molecular flexibility index (Phi) is 10.5. The Labute approximate surface area is 179 Å². The second kappa shape index (κ2) is 13.4. The van der Waals surface area contributed by atoms with E-state index in [9.17, 15) is 9.59 Å². The Balaban J connectivity index is 1.59. The molecule has 162 valence electrons. The lowest BCUT2D eigenvalue weighted by Crippen LogP contribution is -2.08. The Morgan fingerprint density at radius 1 is 0.800 bits per heavy atom. The van der Waals surface area contributed by atoms with Crippen molar-refractivity contribution in [3.05, 3.63) is 60.2 Å². The van der Waals surface area contributed by atoms with E-state index in [4.69, 9.17) is 14.2 Å². The summed E-state index contributed by atoms with van der Waals surface area (Å²) in [5.74, 6) is 1.61. The van der Waals surface area contributed by atoms with Crippen LogP contribution >= 0.6 is 0 Å². The molecule has 0 amide bonds. The first-order valence-electron chi connectivity index (χ1n) is 10.7. The monoisotopic (exact) mass is 412 g/mol. The van der Waals surface area contributed by atoms with Crippen LogP contribution in [0.25, 0.3) is 0 Å². The number of para-hydroxylation sites is 1. The van der Waals surface area contributed by atoms with Crippen LogP contribution in [0.2, 0.25) is 0 Å². The van der Waals surface area contributed by atoms with Gasteiger partial charge in [0.2, 0.25) is 0 Å². The topological polar surface area (TPSA) is 61.8 Å². The van der Waals surface area contributed by atoms with Gasteiger partial charge >= 0.3 is 11.9 Å². The lowest BCUT2D eigenvalue weighted by Gasteiger charge is -2.09. The molecule has 0 aliphatic rings. The van der Waals surface area contributed by atoms with E-state index in [2.05, 4.69) is 13.8 Å². The van der Waals surface area contributed by atoms with Gasteiger partial charge in [-0.3, -0.25) is 9.59 Å². The molecule has 0 unspecified atom stereocenters. The van der Waals surface area contributed by atoms with Crippen LogP contribution in [0.1, 0.15) is 57.9 Å². The molecular formula is C25H32O5. The highest BCUT2D eigenvalue weighted by Gasteiger charge is 2.07. The fraction of sp³-hybridized carbons (Fsp3) is 0.440. The predicted octanol–water partition coefficient (Wildman–Crippen LogP) is 6.06. The van der Waals surface area contributed by atoms with Crippen molar-refractivity contribution in [2.45, 2.75) is 59.0 Å². The van der Waals surface area contributed by atoms with Crippen molar-refractivity contribution in [3.63, 3.8) is 0 Å². The zero-order valence-corrected chi connectivity index (χ0v) is 18.0. The Hall–Kier alpha value is -2.82. The maximum Gasteiger partial charge on any atom is 0.306 e. The average molecular weight is 413 g/mol. The molecule has 0 N–H and O–H groups in total. The zero-order valence-electron chi connectivity index (χ0n) is 18.0. The Bertz CT molecular complexity index is 770. The normalized spacial score (nSPS) is 10.6. The molecule has 0 saturated carbocycles. The Morgan fingerprint density at radius 2 is 1.47 bits per heavy atom. The van der Waals surface area contributed by atoms with E-state index in [1.807, 2.05) is 54.6 Å². The van der Waals surface area contributed by atoms with E-state index < -0.39 is 0 Å². The van der Waals surface area contributed by atoms with Crippen LogP contribution in [0.4, 0.5) is 0 Å². The lowest BCUT2D eigenvalue weighted by molar-refractivity contribution is -0.146. The van der Waals surface area contributed by atoms with Crippen molar-refractivity contribution in [2.24, 2.45) is 5.92 Å². The summed E-state index contributed by atoms with van der Waals surface area (Å²) in [5.41, 5.74) is 0.863. The second-order valence-electron chi connectivity index (χ2n) is 7.69. The van der Waals surface area contributed by atoms with Gasteiger partial charge in [0.25, 0.3) is 0 Å². The molecule has 0 heterocycles. The molecule has 5 nitrogen and oxygen atoms in total. The molecule has 0 bridgehead atoms.